The third-order valence-corrected chi connectivity index (χ3v) is 8.30. The van der Waals surface area contributed by atoms with Gasteiger partial charge < -0.3 is 8.86 Å². The second-order valence-electron chi connectivity index (χ2n) is 8.50. The molecule has 0 aromatic heterocycles. The van der Waals surface area contributed by atoms with Crippen LogP contribution >= 0.6 is 0 Å². The van der Waals surface area contributed by atoms with Crippen LogP contribution in [0.5, 0.6) is 0 Å². The number of nitrogens with zero attached hydrogens (tertiary/aromatic N) is 1. The average Bonchev–Trinajstić information content (AvgIpc) is 2.49. The Morgan fingerprint density at radius 2 is 1.69 bits per heavy atom. The van der Waals surface area contributed by atoms with Gasteiger partial charge in [0.2, 0.25) is 10.3 Å². The summed E-state index contributed by atoms with van der Waals surface area (Å²) in [5, 5.41) is 0. The third kappa shape index (κ3) is 4.62. The molecule has 2 atom stereocenters. The van der Waals surface area contributed by atoms with E-state index in [9.17, 15) is 34.8 Å². The van der Waals surface area contributed by atoms with Crippen molar-refractivity contribution in [2.75, 3.05) is 6.61 Å². The maximum Gasteiger partial charge on any atom is 0.480 e. The highest BCUT2D eigenvalue weighted by Gasteiger charge is 2.60. The first kappa shape index (κ1) is 22.5. The van der Waals surface area contributed by atoms with Gasteiger partial charge in [-0.15, -0.1) is 0 Å². The Labute approximate surface area is 167 Å². The molecule has 0 spiro atoms. The van der Waals surface area contributed by atoms with Crippen molar-refractivity contribution in [2.24, 2.45) is 17.3 Å². The Hall–Kier alpha value is -1.18. The van der Waals surface area contributed by atoms with E-state index < -0.39 is 49.4 Å². The summed E-state index contributed by atoms with van der Waals surface area (Å²) in [6, 6.07) is 0. The zero-order chi connectivity index (χ0) is 21.9. The van der Waals surface area contributed by atoms with Gasteiger partial charge in [-0.2, -0.15) is 13.2 Å². The van der Waals surface area contributed by atoms with E-state index in [4.69, 9.17) is 4.74 Å². The predicted octanol–water partition coefficient (Wildman–Crippen LogP) is 2.93. The van der Waals surface area contributed by atoms with Crippen molar-refractivity contribution in [1.82, 2.24) is 0 Å². The largest absolute Gasteiger partial charge is 0.480 e. The molecule has 4 saturated carbocycles. The highest BCUT2D eigenvalue weighted by Crippen LogP contribution is 2.63. The van der Waals surface area contributed by atoms with Crippen LogP contribution in [0.4, 0.5) is 13.2 Å². The van der Waals surface area contributed by atoms with Gasteiger partial charge in [0.15, 0.2) is 10.0 Å². The molecular formula is C16H21F3NO7S2-. The molecule has 8 nitrogen and oxygen atoms in total. The number of hydrogen-bond acceptors (Lipinski definition) is 7. The second-order valence-corrected chi connectivity index (χ2v) is 11.6. The third-order valence-electron chi connectivity index (χ3n) is 5.78. The van der Waals surface area contributed by atoms with Crippen molar-refractivity contribution in [3.63, 3.8) is 0 Å². The van der Waals surface area contributed by atoms with Gasteiger partial charge in [-0.25, -0.2) is 21.6 Å². The van der Waals surface area contributed by atoms with Gasteiger partial charge in [-0.05, 0) is 62.7 Å². The molecule has 4 bridgehead atoms. The van der Waals surface area contributed by atoms with E-state index in [0.29, 0.717) is 25.7 Å². The van der Waals surface area contributed by atoms with Crippen LogP contribution < -0.4 is 0 Å². The number of carbonyl (C=O) groups is 1. The summed E-state index contributed by atoms with van der Waals surface area (Å²) in [4.78, 5) is 12.1. The zero-order valence-corrected chi connectivity index (χ0v) is 17.2. The Morgan fingerprint density at radius 1 is 1.14 bits per heavy atom. The van der Waals surface area contributed by atoms with Gasteiger partial charge in [-0.1, -0.05) is 6.58 Å². The molecule has 0 saturated heterocycles. The first-order valence-electron chi connectivity index (χ1n) is 8.90. The summed E-state index contributed by atoms with van der Waals surface area (Å²) in [5.74, 6) is -0.255. The van der Waals surface area contributed by atoms with Crippen LogP contribution in [0.2, 0.25) is 0 Å². The van der Waals surface area contributed by atoms with E-state index in [1.54, 1.807) is 0 Å². The lowest BCUT2D eigenvalue weighted by Crippen LogP contribution is -2.58. The van der Waals surface area contributed by atoms with E-state index in [1.807, 2.05) is 4.13 Å². The maximum atomic E-state index is 12.4. The summed E-state index contributed by atoms with van der Waals surface area (Å²) >= 11 is 0. The Balaban J connectivity index is 1.74. The van der Waals surface area contributed by atoms with E-state index in [1.165, 1.54) is 6.92 Å². The molecule has 0 N–H and O–H groups in total. The van der Waals surface area contributed by atoms with E-state index >= 15 is 0 Å². The van der Waals surface area contributed by atoms with Crippen molar-refractivity contribution in [2.45, 2.75) is 56.6 Å². The fraction of sp³-hybridized carbons (Fsp3) is 0.812. The Bertz CT molecular complexity index is 913. The van der Waals surface area contributed by atoms with Crippen molar-refractivity contribution in [3.8, 4) is 0 Å². The predicted molar refractivity (Wildman–Crippen MR) is 94.0 cm³/mol. The quantitative estimate of drug-likeness (QED) is 0.423. The lowest BCUT2D eigenvalue weighted by molar-refractivity contribution is -0.202. The Kier molecular flexibility index (Phi) is 5.37. The second kappa shape index (κ2) is 6.92. The summed E-state index contributed by atoms with van der Waals surface area (Å²) in [6.45, 7) is 4.54. The molecule has 0 radical (unpaired) electrons. The molecule has 166 valence electrons. The van der Waals surface area contributed by atoms with Gasteiger partial charge in [0, 0.05) is 5.57 Å². The zero-order valence-electron chi connectivity index (χ0n) is 15.6. The van der Waals surface area contributed by atoms with Crippen molar-refractivity contribution >= 4 is 26.3 Å². The van der Waals surface area contributed by atoms with Gasteiger partial charge in [-0.3, -0.25) is 4.18 Å². The molecule has 0 heterocycles. The average molecular weight is 460 g/mol. The molecule has 0 amide bonds. The first-order chi connectivity index (χ1) is 13.1. The number of ether oxygens (including phenoxy) is 1. The SMILES string of the molecule is C=C(C)C(=O)OC12CC3CC(CC(COS(=O)(=O)[N-]S(=O)(=O)C(F)(F)F)(C3)C1)C2. The molecule has 4 aliphatic rings. The van der Waals surface area contributed by atoms with Crippen LogP contribution in [0.1, 0.15) is 45.4 Å². The van der Waals surface area contributed by atoms with Gasteiger partial charge in [0.1, 0.15) is 5.60 Å². The summed E-state index contributed by atoms with van der Waals surface area (Å²) in [6.07, 6.45) is 3.50. The molecule has 2 unspecified atom stereocenters. The van der Waals surface area contributed by atoms with E-state index in [2.05, 4.69) is 10.8 Å². The molecule has 29 heavy (non-hydrogen) atoms. The number of esters is 1. The lowest BCUT2D eigenvalue weighted by atomic mass is 9.48. The molecule has 13 heteroatoms. The fourth-order valence-electron chi connectivity index (χ4n) is 5.32. The minimum atomic E-state index is -6.24. The van der Waals surface area contributed by atoms with Crippen LogP contribution in [0, 0.1) is 17.3 Å². The number of carbonyl (C=O) groups excluding carboxylic acids is 1. The molecular weight excluding hydrogens is 439 g/mol. The number of halogens is 3. The highest BCUT2D eigenvalue weighted by molar-refractivity contribution is 8.10. The molecule has 0 aliphatic heterocycles. The molecule has 4 aliphatic carbocycles. The Morgan fingerprint density at radius 3 is 2.17 bits per heavy atom. The molecule has 4 fully saturated rings. The van der Waals surface area contributed by atoms with Crippen LogP contribution in [-0.2, 0) is 34.0 Å². The molecule has 0 aromatic rings. The monoisotopic (exact) mass is 460 g/mol. The van der Waals surface area contributed by atoms with Gasteiger partial charge >= 0.3 is 11.5 Å². The normalized spacial score (nSPS) is 34.2. The fourth-order valence-corrected chi connectivity index (χ4v) is 7.19. The van der Waals surface area contributed by atoms with Gasteiger partial charge in [0.05, 0.1) is 6.61 Å². The standard InChI is InChI=1S/C16H21F3NO7S2/c1-10(2)13(21)27-15-6-11-3-12(7-15)5-14(4-11,8-15)9-26-29(24,25)20-28(22,23)16(17,18)19/h11-12H,1,3-9H2,2H3/q-1. The minimum absolute atomic E-state index is 0.149. The number of alkyl halides is 3. The van der Waals surface area contributed by atoms with Crippen LogP contribution in [0.15, 0.2) is 12.2 Å². The molecule has 4 rings (SSSR count). The highest BCUT2D eigenvalue weighted by atomic mass is 32.3. The van der Waals surface area contributed by atoms with Crippen LogP contribution in [0.25, 0.3) is 4.13 Å². The summed E-state index contributed by atoms with van der Waals surface area (Å²) in [7, 11) is -11.6. The lowest BCUT2D eigenvalue weighted by Gasteiger charge is -2.61. The van der Waals surface area contributed by atoms with Crippen molar-refractivity contribution in [3.05, 3.63) is 16.3 Å². The summed E-state index contributed by atoms with van der Waals surface area (Å²) in [5.41, 5.74) is -7.16. The maximum absolute atomic E-state index is 12.4. The number of hydrogen-bond donors (Lipinski definition) is 0. The smallest absolute Gasteiger partial charge is 0.456 e. The van der Waals surface area contributed by atoms with Crippen molar-refractivity contribution < 1.29 is 43.7 Å². The van der Waals surface area contributed by atoms with Gasteiger partial charge in [0.25, 0.3) is 0 Å². The van der Waals surface area contributed by atoms with Crippen LogP contribution in [0.3, 0.4) is 0 Å². The summed E-state index contributed by atoms with van der Waals surface area (Å²) < 4.78 is 95.0. The number of sulfonamides is 1. The van der Waals surface area contributed by atoms with E-state index in [0.717, 1.165) is 6.42 Å². The van der Waals surface area contributed by atoms with E-state index in [-0.39, 0.29) is 23.8 Å². The first-order valence-corrected chi connectivity index (χ1v) is 11.7. The number of rotatable bonds is 7. The van der Waals surface area contributed by atoms with Crippen LogP contribution in [-0.4, -0.2) is 40.5 Å². The molecule has 0 aromatic carbocycles. The minimum Gasteiger partial charge on any atom is -0.456 e. The van der Waals surface area contributed by atoms with Crippen molar-refractivity contribution in [1.29, 1.82) is 0 Å². The topological polar surface area (TPSA) is 118 Å².